The molecule has 0 atom stereocenters. The van der Waals surface area contributed by atoms with Crippen LogP contribution in [0.1, 0.15) is 0 Å². The summed E-state index contributed by atoms with van der Waals surface area (Å²) >= 11 is 0. The van der Waals surface area contributed by atoms with Crippen LogP contribution < -0.4 is 5.43 Å². The summed E-state index contributed by atoms with van der Waals surface area (Å²) in [6, 6.07) is 0. The summed E-state index contributed by atoms with van der Waals surface area (Å²) in [5.41, 5.74) is 2.92. The van der Waals surface area contributed by atoms with Gasteiger partial charge >= 0.3 is 0 Å². The van der Waals surface area contributed by atoms with Crippen LogP contribution in [0, 0.1) is 0 Å². The smallest absolute Gasteiger partial charge is 0.0325 e. The highest BCUT2D eigenvalue weighted by Gasteiger charge is 2.13. The van der Waals surface area contributed by atoms with E-state index in [1.807, 2.05) is 0 Å². The number of rotatable bonds is 2. The van der Waals surface area contributed by atoms with Crippen molar-refractivity contribution in [3.05, 3.63) is 12.8 Å². The van der Waals surface area contributed by atoms with E-state index in [9.17, 15) is 0 Å². The first-order valence-corrected chi connectivity index (χ1v) is 2.05. The van der Waals surface area contributed by atoms with Crippen LogP contribution in [0.3, 0.4) is 0 Å². The highest BCUT2D eigenvalue weighted by Crippen LogP contribution is 1.94. The van der Waals surface area contributed by atoms with Crippen LogP contribution in [0.4, 0.5) is 0 Å². The summed E-state index contributed by atoms with van der Waals surface area (Å²) in [6.07, 6.45) is 1.69. The number of nitrogens with zero attached hydrogens (tertiary/aromatic N) is 1. The molecule has 0 unspecified atom stereocenters. The Hall–Kier alpha value is -0.500. The minimum absolute atomic E-state index is 1.17. The Kier molecular flexibility index (Phi) is 0.801. The molecule has 0 amide bonds. The normalized spacial score (nSPS) is 20.0. The monoisotopic (exact) mass is 84.1 g/mol. The number of hydrogen-bond acceptors (Lipinski definition) is 2. The quantitative estimate of drug-likeness (QED) is 0.472. The molecule has 1 fully saturated rings. The number of nitrogens with one attached hydrogen (secondary N) is 1. The Morgan fingerprint density at radius 3 is 2.50 bits per heavy atom. The first kappa shape index (κ1) is 3.68. The zero-order chi connectivity index (χ0) is 4.41. The lowest BCUT2D eigenvalue weighted by Crippen LogP contribution is -2.11. The Labute approximate surface area is 37.4 Å². The Morgan fingerprint density at radius 1 is 1.67 bits per heavy atom. The maximum Gasteiger partial charge on any atom is 0.0325 e. The van der Waals surface area contributed by atoms with Crippen LogP contribution in [0.25, 0.3) is 0 Å². The molecule has 1 aliphatic rings. The van der Waals surface area contributed by atoms with Crippen molar-refractivity contribution < 1.29 is 0 Å². The second-order valence-electron chi connectivity index (χ2n) is 1.32. The van der Waals surface area contributed by atoms with E-state index in [0.717, 1.165) is 0 Å². The van der Waals surface area contributed by atoms with E-state index < -0.39 is 0 Å². The molecule has 6 heavy (non-hydrogen) atoms. The molecule has 1 rings (SSSR count). The fourth-order valence-corrected chi connectivity index (χ4v) is 0.308. The van der Waals surface area contributed by atoms with Crippen molar-refractivity contribution in [2.45, 2.75) is 0 Å². The average Bonchev–Trinajstić information content (AvgIpc) is 2.21. The molecule has 1 saturated heterocycles. The minimum atomic E-state index is 1.17. The summed E-state index contributed by atoms with van der Waals surface area (Å²) in [6.45, 7) is 5.83. The van der Waals surface area contributed by atoms with Gasteiger partial charge in [0.1, 0.15) is 0 Å². The standard InChI is InChI=1S/C4H8N2/c1-2-5-6-3-4-6/h2,5H,1,3-4H2. The van der Waals surface area contributed by atoms with Gasteiger partial charge in [-0.3, -0.25) is 0 Å². The van der Waals surface area contributed by atoms with Gasteiger partial charge in [-0.2, -0.15) is 0 Å². The lowest BCUT2D eigenvalue weighted by molar-refractivity contribution is 0.483. The third-order valence-corrected chi connectivity index (χ3v) is 0.721. The van der Waals surface area contributed by atoms with Crippen LogP contribution in [0.15, 0.2) is 12.8 Å². The molecule has 0 aromatic carbocycles. The third-order valence-electron chi connectivity index (χ3n) is 0.721. The van der Waals surface area contributed by atoms with Gasteiger partial charge in [-0.1, -0.05) is 6.58 Å². The van der Waals surface area contributed by atoms with Crippen LogP contribution in [-0.4, -0.2) is 18.1 Å². The molecular weight excluding hydrogens is 76.1 g/mol. The number of hydrogen-bond donors (Lipinski definition) is 1. The molecule has 2 nitrogen and oxygen atoms in total. The van der Waals surface area contributed by atoms with Crippen LogP contribution in [0.5, 0.6) is 0 Å². The van der Waals surface area contributed by atoms with Gasteiger partial charge in [-0.15, -0.1) is 0 Å². The van der Waals surface area contributed by atoms with Crippen LogP contribution in [0.2, 0.25) is 0 Å². The van der Waals surface area contributed by atoms with Crippen molar-refractivity contribution in [3.63, 3.8) is 0 Å². The van der Waals surface area contributed by atoms with Gasteiger partial charge < -0.3 is 5.43 Å². The third kappa shape index (κ3) is 0.723. The maximum atomic E-state index is 3.49. The van der Waals surface area contributed by atoms with E-state index in [-0.39, 0.29) is 0 Å². The van der Waals surface area contributed by atoms with E-state index in [1.54, 1.807) is 6.20 Å². The minimum Gasteiger partial charge on any atom is -0.327 e. The molecule has 0 spiro atoms. The Balaban J connectivity index is 2.00. The van der Waals surface area contributed by atoms with Crippen molar-refractivity contribution in [2.24, 2.45) is 0 Å². The van der Waals surface area contributed by atoms with Gasteiger partial charge in [0, 0.05) is 19.3 Å². The molecule has 0 bridgehead atoms. The SMILES string of the molecule is C=CNN1CC1. The fourth-order valence-electron chi connectivity index (χ4n) is 0.308. The number of hydrazine groups is 1. The highest BCUT2D eigenvalue weighted by molar-refractivity contribution is 4.72. The summed E-state index contributed by atoms with van der Waals surface area (Å²) in [4.78, 5) is 0. The molecule has 1 N–H and O–H groups in total. The molecule has 0 aliphatic carbocycles. The van der Waals surface area contributed by atoms with Gasteiger partial charge in [0.15, 0.2) is 0 Å². The molecule has 2 heteroatoms. The van der Waals surface area contributed by atoms with E-state index in [2.05, 4.69) is 17.0 Å². The van der Waals surface area contributed by atoms with E-state index in [4.69, 9.17) is 0 Å². The van der Waals surface area contributed by atoms with Gasteiger partial charge in [-0.05, 0) is 0 Å². The Morgan fingerprint density at radius 2 is 2.33 bits per heavy atom. The predicted octanol–water partition coefficient (Wildman–Crippen LogP) is -0.0499. The van der Waals surface area contributed by atoms with Gasteiger partial charge in [0.25, 0.3) is 0 Å². The first-order chi connectivity index (χ1) is 2.93. The second kappa shape index (κ2) is 1.30. The summed E-state index contributed by atoms with van der Waals surface area (Å²) in [5.74, 6) is 0. The van der Waals surface area contributed by atoms with Crippen molar-refractivity contribution in [3.8, 4) is 0 Å². The molecule has 34 valence electrons. The van der Waals surface area contributed by atoms with Crippen molar-refractivity contribution in [1.29, 1.82) is 0 Å². The lowest BCUT2D eigenvalue weighted by atomic mass is 11.0. The molecule has 0 aromatic rings. The summed E-state index contributed by atoms with van der Waals surface area (Å²) < 4.78 is 0. The van der Waals surface area contributed by atoms with Gasteiger partial charge in [0.2, 0.25) is 0 Å². The fraction of sp³-hybridized carbons (Fsp3) is 0.500. The van der Waals surface area contributed by atoms with E-state index in [0.29, 0.717) is 0 Å². The molecule has 0 saturated carbocycles. The topological polar surface area (TPSA) is 15.0 Å². The maximum absolute atomic E-state index is 3.49. The molecule has 0 aromatic heterocycles. The van der Waals surface area contributed by atoms with Crippen LogP contribution >= 0.6 is 0 Å². The van der Waals surface area contributed by atoms with E-state index in [1.165, 1.54) is 13.1 Å². The first-order valence-electron chi connectivity index (χ1n) is 2.05. The van der Waals surface area contributed by atoms with E-state index >= 15 is 0 Å². The average molecular weight is 84.1 g/mol. The van der Waals surface area contributed by atoms with Crippen molar-refractivity contribution in [1.82, 2.24) is 10.4 Å². The zero-order valence-corrected chi connectivity index (χ0v) is 3.65. The highest BCUT2D eigenvalue weighted by atomic mass is 15.6. The van der Waals surface area contributed by atoms with Gasteiger partial charge in [0.05, 0.1) is 0 Å². The largest absolute Gasteiger partial charge is 0.327 e. The molecular formula is C4H8N2. The zero-order valence-electron chi connectivity index (χ0n) is 3.65. The van der Waals surface area contributed by atoms with Crippen molar-refractivity contribution >= 4 is 0 Å². The molecule has 1 aliphatic heterocycles. The Bertz CT molecular complexity index is 56.6. The molecule has 0 radical (unpaired) electrons. The molecule has 1 heterocycles. The second-order valence-corrected chi connectivity index (χ2v) is 1.32. The van der Waals surface area contributed by atoms with Crippen molar-refractivity contribution in [2.75, 3.05) is 13.1 Å². The summed E-state index contributed by atoms with van der Waals surface area (Å²) in [7, 11) is 0. The van der Waals surface area contributed by atoms with Crippen LogP contribution in [-0.2, 0) is 0 Å². The summed E-state index contributed by atoms with van der Waals surface area (Å²) in [5, 5.41) is 2.06. The predicted molar refractivity (Wildman–Crippen MR) is 24.9 cm³/mol. The lowest BCUT2D eigenvalue weighted by Gasteiger charge is -1.92. The van der Waals surface area contributed by atoms with Gasteiger partial charge in [-0.25, -0.2) is 5.01 Å².